The van der Waals surface area contributed by atoms with Crippen molar-refractivity contribution in [2.24, 2.45) is 0 Å². The van der Waals surface area contributed by atoms with E-state index in [9.17, 15) is 25.0 Å². The normalized spacial score (nSPS) is 10.2. The van der Waals surface area contributed by atoms with Crippen LogP contribution in [-0.2, 0) is 0 Å². The van der Waals surface area contributed by atoms with Crippen LogP contribution in [0.25, 0.3) is 0 Å². The summed E-state index contributed by atoms with van der Waals surface area (Å²) in [5.74, 6) is 0.872. The quantitative estimate of drug-likeness (QED) is 0.231. The lowest BCUT2D eigenvalue weighted by Gasteiger charge is -2.13. The second-order valence-electron chi connectivity index (χ2n) is 6.03. The van der Waals surface area contributed by atoms with Crippen LogP contribution in [0.15, 0.2) is 24.3 Å². The number of aldehydes is 1. The number of methoxy groups -OCH3 is 2. The predicted molar refractivity (Wildman–Crippen MR) is 105 cm³/mol. The molecule has 0 unspecified atom stereocenters. The van der Waals surface area contributed by atoms with Gasteiger partial charge >= 0.3 is 0 Å². The van der Waals surface area contributed by atoms with E-state index in [-0.39, 0.29) is 41.7 Å². The van der Waals surface area contributed by atoms with Gasteiger partial charge in [-0.2, -0.15) is 0 Å². The number of carbonyl (C=O) groups excluding carboxylic acids is 1. The van der Waals surface area contributed by atoms with Gasteiger partial charge in [-0.25, -0.2) is 0 Å². The minimum atomic E-state index is -0.685. The second-order valence-corrected chi connectivity index (χ2v) is 6.03. The van der Waals surface area contributed by atoms with Gasteiger partial charge in [-0.1, -0.05) is 0 Å². The lowest BCUT2D eigenvalue weighted by molar-refractivity contribution is -0.385. The smallest absolute Gasteiger partial charge is 0.283 e. The number of rotatable bonds is 11. The molecule has 160 valence electrons. The number of aryl methyl sites for hydroxylation is 1. The summed E-state index contributed by atoms with van der Waals surface area (Å²) in [6.07, 6.45) is 0.726. The third-order valence-electron chi connectivity index (χ3n) is 4.12. The third kappa shape index (κ3) is 5.13. The lowest BCUT2D eigenvalue weighted by atomic mass is 10.1. The van der Waals surface area contributed by atoms with Crippen LogP contribution in [0.2, 0.25) is 0 Å². The molecule has 0 aliphatic rings. The highest BCUT2D eigenvalue weighted by molar-refractivity contribution is 5.83. The van der Waals surface area contributed by atoms with E-state index in [2.05, 4.69) is 0 Å². The molecule has 0 atom stereocenters. The number of hydrogen-bond donors (Lipinski definition) is 0. The van der Waals surface area contributed by atoms with Crippen LogP contribution in [0.4, 0.5) is 11.4 Å². The van der Waals surface area contributed by atoms with E-state index in [0.29, 0.717) is 24.0 Å². The SMILES string of the molecule is COc1cc(C)c([N+](=O)[O-])cc1OCCCOc1cc([N+](=O)[O-])c(C=O)cc1OC. The lowest BCUT2D eigenvalue weighted by Crippen LogP contribution is -2.07. The molecule has 0 radical (unpaired) electrons. The Morgan fingerprint density at radius 2 is 1.33 bits per heavy atom. The number of carbonyl (C=O) groups is 1. The summed E-state index contributed by atoms with van der Waals surface area (Å²) < 4.78 is 21.4. The van der Waals surface area contributed by atoms with Crippen molar-refractivity contribution in [3.05, 3.63) is 55.6 Å². The summed E-state index contributed by atoms with van der Waals surface area (Å²) in [6, 6.07) is 5.16. The summed E-state index contributed by atoms with van der Waals surface area (Å²) in [5.41, 5.74) is -0.163. The summed E-state index contributed by atoms with van der Waals surface area (Å²) in [4.78, 5) is 32.0. The van der Waals surface area contributed by atoms with E-state index in [4.69, 9.17) is 18.9 Å². The molecule has 0 bridgehead atoms. The Morgan fingerprint density at radius 3 is 1.80 bits per heavy atom. The predicted octanol–water partition coefficient (Wildman–Crippen LogP) is 3.49. The maximum Gasteiger partial charge on any atom is 0.283 e. The fraction of sp³-hybridized carbons (Fsp3) is 0.316. The summed E-state index contributed by atoms with van der Waals surface area (Å²) in [7, 11) is 2.78. The molecule has 0 aliphatic heterocycles. The molecular formula is C19H20N2O9. The number of nitro benzene ring substituents is 2. The van der Waals surface area contributed by atoms with E-state index in [1.807, 2.05) is 0 Å². The van der Waals surface area contributed by atoms with Crippen LogP contribution >= 0.6 is 0 Å². The molecule has 30 heavy (non-hydrogen) atoms. The van der Waals surface area contributed by atoms with E-state index in [1.165, 1.54) is 32.4 Å². The van der Waals surface area contributed by atoms with E-state index in [0.717, 1.165) is 6.07 Å². The highest BCUT2D eigenvalue weighted by Crippen LogP contribution is 2.35. The van der Waals surface area contributed by atoms with E-state index in [1.54, 1.807) is 6.92 Å². The molecular weight excluding hydrogens is 400 g/mol. The molecule has 2 aromatic carbocycles. The first-order valence-electron chi connectivity index (χ1n) is 8.72. The average Bonchev–Trinajstić information content (AvgIpc) is 2.73. The molecule has 2 rings (SSSR count). The van der Waals surface area contributed by atoms with E-state index >= 15 is 0 Å². The summed E-state index contributed by atoms with van der Waals surface area (Å²) in [5, 5.41) is 22.2. The zero-order valence-electron chi connectivity index (χ0n) is 16.6. The minimum absolute atomic E-state index is 0.0886. The van der Waals surface area contributed by atoms with Gasteiger partial charge in [-0.05, 0) is 13.0 Å². The molecule has 0 saturated carbocycles. The topological polar surface area (TPSA) is 140 Å². The van der Waals surface area contributed by atoms with Gasteiger partial charge in [0.25, 0.3) is 11.4 Å². The average molecular weight is 420 g/mol. The fourth-order valence-electron chi connectivity index (χ4n) is 2.63. The van der Waals surface area contributed by atoms with Crippen molar-refractivity contribution in [2.75, 3.05) is 27.4 Å². The fourth-order valence-corrected chi connectivity index (χ4v) is 2.63. The highest BCUT2D eigenvalue weighted by Gasteiger charge is 2.20. The Labute approximate surface area is 171 Å². The van der Waals surface area contributed by atoms with E-state index < -0.39 is 15.5 Å². The summed E-state index contributed by atoms with van der Waals surface area (Å²) >= 11 is 0. The Kier molecular flexibility index (Phi) is 7.50. The third-order valence-corrected chi connectivity index (χ3v) is 4.12. The number of hydrogen-bond acceptors (Lipinski definition) is 9. The molecule has 0 fully saturated rings. The maximum atomic E-state index is 11.1. The Hall–Kier alpha value is -3.89. The zero-order valence-corrected chi connectivity index (χ0v) is 16.6. The molecule has 0 amide bonds. The van der Waals surface area contributed by atoms with Crippen molar-refractivity contribution in [1.82, 2.24) is 0 Å². The van der Waals surface area contributed by atoms with Gasteiger partial charge in [-0.15, -0.1) is 0 Å². The van der Waals surface area contributed by atoms with Gasteiger partial charge in [0.2, 0.25) is 0 Å². The number of benzene rings is 2. The molecule has 0 N–H and O–H groups in total. The Bertz CT molecular complexity index is 960. The highest BCUT2D eigenvalue weighted by atomic mass is 16.6. The zero-order chi connectivity index (χ0) is 22.3. The second kappa shape index (κ2) is 10.0. The van der Waals surface area contributed by atoms with Crippen molar-refractivity contribution in [2.45, 2.75) is 13.3 Å². The number of ether oxygens (including phenoxy) is 4. The first kappa shape index (κ1) is 22.4. The van der Waals surface area contributed by atoms with Crippen LogP contribution in [0.1, 0.15) is 22.3 Å². The standard InChI is InChI=1S/C19H20N2O9/c1-12-7-16(27-2)18(9-14(12)20(23)24)29-5-4-6-30-19-10-15(21(25)26)13(11-22)8-17(19)28-3/h7-11H,4-6H2,1-3H3. The first-order chi connectivity index (χ1) is 14.3. The maximum absolute atomic E-state index is 11.1. The monoisotopic (exact) mass is 420 g/mol. The largest absolute Gasteiger partial charge is 0.493 e. The molecule has 0 spiro atoms. The summed E-state index contributed by atoms with van der Waals surface area (Å²) in [6.45, 7) is 1.86. The van der Waals surface area contributed by atoms with Crippen molar-refractivity contribution < 1.29 is 33.6 Å². The molecule has 0 aliphatic carbocycles. The molecule has 2 aromatic rings. The Morgan fingerprint density at radius 1 is 0.833 bits per heavy atom. The van der Waals surface area contributed by atoms with Gasteiger partial charge in [0, 0.05) is 18.1 Å². The van der Waals surface area contributed by atoms with Gasteiger partial charge in [0.15, 0.2) is 29.3 Å². The molecule has 0 heterocycles. The van der Waals surface area contributed by atoms with Crippen LogP contribution < -0.4 is 18.9 Å². The van der Waals surface area contributed by atoms with Gasteiger partial charge in [0.1, 0.15) is 0 Å². The van der Waals surface area contributed by atoms with Gasteiger partial charge < -0.3 is 18.9 Å². The first-order valence-corrected chi connectivity index (χ1v) is 8.72. The minimum Gasteiger partial charge on any atom is -0.493 e. The van der Waals surface area contributed by atoms with Gasteiger partial charge in [0.05, 0.1) is 55.0 Å². The van der Waals surface area contributed by atoms with Crippen LogP contribution in [0.5, 0.6) is 23.0 Å². The number of nitro groups is 2. The van der Waals surface area contributed by atoms with Crippen LogP contribution in [-0.4, -0.2) is 43.6 Å². The van der Waals surface area contributed by atoms with Crippen molar-refractivity contribution >= 4 is 17.7 Å². The Balaban J connectivity index is 2.03. The molecule has 11 nitrogen and oxygen atoms in total. The van der Waals surface area contributed by atoms with Crippen molar-refractivity contribution in [1.29, 1.82) is 0 Å². The molecule has 0 aromatic heterocycles. The van der Waals surface area contributed by atoms with Crippen LogP contribution in [0.3, 0.4) is 0 Å². The molecule has 11 heteroatoms. The van der Waals surface area contributed by atoms with Crippen LogP contribution in [0, 0.1) is 27.2 Å². The van der Waals surface area contributed by atoms with Gasteiger partial charge in [-0.3, -0.25) is 25.0 Å². The van der Waals surface area contributed by atoms with Crippen molar-refractivity contribution in [3.8, 4) is 23.0 Å². The molecule has 0 saturated heterocycles. The van der Waals surface area contributed by atoms with Crippen molar-refractivity contribution in [3.63, 3.8) is 0 Å². The number of nitrogens with zero attached hydrogens (tertiary/aromatic N) is 2.